The number of hydrogen-bond donors (Lipinski definition) is 1. The van der Waals surface area contributed by atoms with E-state index in [-0.39, 0.29) is 11.8 Å². The molecule has 102 valence electrons. The third-order valence-corrected chi connectivity index (χ3v) is 3.62. The first-order valence-corrected chi connectivity index (χ1v) is 7.44. The summed E-state index contributed by atoms with van der Waals surface area (Å²) in [6.07, 6.45) is 8.02. The van der Waals surface area contributed by atoms with Crippen LogP contribution in [0, 0.1) is 11.8 Å². The number of amides is 1. The van der Waals surface area contributed by atoms with E-state index < -0.39 is 0 Å². The van der Waals surface area contributed by atoms with Crippen LogP contribution in [0.2, 0.25) is 0 Å². The quantitative estimate of drug-likeness (QED) is 0.572. The van der Waals surface area contributed by atoms with Gasteiger partial charge in [0.2, 0.25) is 5.91 Å². The fraction of sp³-hybridized carbons (Fsp3) is 0.933. The summed E-state index contributed by atoms with van der Waals surface area (Å²) in [7, 11) is 0. The fourth-order valence-electron chi connectivity index (χ4n) is 2.10. The van der Waals surface area contributed by atoms with Gasteiger partial charge in [0.1, 0.15) is 0 Å². The fourth-order valence-corrected chi connectivity index (χ4v) is 2.10. The van der Waals surface area contributed by atoms with E-state index in [4.69, 9.17) is 0 Å². The standard InChI is InChI=1S/C15H31NO/c1-5-8-10-12-16-15(17)14(11-9-6-2)13(4)7-3/h13-14H,5-12H2,1-4H3,(H,16,17)/t13-,14?/m1/s1. The molecular formula is C15H31NO. The Labute approximate surface area is 108 Å². The van der Waals surface area contributed by atoms with Crippen LogP contribution in [-0.4, -0.2) is 12.5 Å². The molecule has 0 aliphatic rings. The molecule has 0 aromatic rings. The molecule has 1 unspecified atom stereocenters. The first-order valence-electron chi connectivity index (χ1n) is 7.44. The second kappa shape index (κ2) is 10.6. The lowest BCUT2D eigenvalue weighted by Crippen LogP contribution is -2.34. The van der Waals surface area contributed by atoms with Gasteiger partial charge in [0.15, 0.2) is 0 Å². The van der Waals surface area contributed by atoms with Crippen LogP contribution in [0.5, 0.6) is 0 Å². The van der Waals surface area contributed by atoms with Crippen molar-refractivity contribution in [1.82, 2.24) is 5.32 Å². The molecule has 0 bridgehead atoms. The van der Waals surface area contributed by atoms with Gasteiger partial charge in [-0.1, -0.05) is 59.8 Å². The molecule has 0 aromatic heterocycles. The van der Waals surface area contributed by atoms with Crippen LogP contribution in [0.1, 0.15) is 72.6 Å². The highest BCUT2D eigenvalue weighted by Crippen LogP contribution is 2.21. The van der Waals surface area contributed by atoms with Crippen LogP contribution < -0.4 is 5.32 Å². The lowest BCUT2D eigenvalue weighted by Gasteiger charge is -2.22. The molecule has 0 heterocycles. The molecule has 0 fully saturated rings. The zero-order valence-electron chi connectivity index (χ0n) is 12.2. The summed E-state index contributed by atoms with van der Waals surface area (Å²) < 4.78 is 0. The molecular weight excluding hydrogens is 210 g/mol. The maximum absolute atomic E-state index is 12.1. The zero-order valence-corrected chi connectivity index (χ0v) is 12.2. The van der Waals surface area contributed by atoms with Gasteiger partial charge in [0, 0.05) is 12.5 Å². The summed E-state index contributed by atoms with van der Waals surface area (Å²) in [4.78, 5) is 12.1. The van der Waals surface area contributed by atoms with Gasteiger partial charge < -0.3 is 5.32 Å². The molecule has 0 aliphatic carbocycles. The minimum Gasteiger partial charge on any atom is -0.356 e. The Balaban J connectivity index is 4.03. The normalized spacial score (nSPS) is 14.4. The van der Waals surface area contributed by atoms with Crippen LogP contribution >= 0.6 is 0 Å². The number of carbonyl (C=O) groups is 1. The molecule has 1 N–H and O–H groups in total. The average molecular weight is 241 g/mol. The summed E-state index contributed by atoms with van der Waals surface area (Å²) in [5.41, 5.74) is 0. The molecule has 0 aliphatic heterocycles. The zero-order chi connectivity index (χ0) is 13.1. The smallest absolute Gasteiger partial charge is 0.223 e. The summed E-state index contributed by atoms with van der Waals surface area (Å²) in [6.45, 7) is 9.60. The number of carbonyl (C=O) groups excluding carboxylic acids is 1. The first kappa shape index (κ1) is 16.5. The topological polar surface area (TPSA) is 29.1 Å². The van der Waals surface area contributed by atoms with E-state index >= 15 is 0 Å². The van der Waals surface area contributed by atoms with Crippen LogP contribution in [0.3, 0.4) is 0 Å². The second-order valence-electron chi connectivity index (χ2n) is 5.13. The number of hydrogen-bond acceptors (Lipinski definition) is 1. The predicted molar refractivity (Wildman–Crippen MR) is 75.0 cm³/mol. The van der Waals surface area contributed by atoms with Crippen molar-refractivity contribution in [3.8, 4) is 0 Å². The van der Waals surface area contributed by atoms with Crippen molar-refractivity contribution in [2.45, 2.75) is 72.6 Å². The molecule has 0 aromatic carbocycles. The number of rotatable bonds is 10. The summed E-state index contributed by atoms with van der Waals surface area (Å²) in [5, 5.41) is 3.10. The Hall–Kier alpha value is -0.530. The molecule has 2 heteroatoms. The molecule has 2 nitrogen and oxygen atoms in total. The Bertz CT molecular complexity index is 191. The summed E-state index contributed by atoms with van der Waals surface area (Å²) >= 11 is 0. The molecule has 2 atom stereocenters. The second-order valence-corrected chi connectivity index (χ2v) is 5.13. The third-order valence-electron chi connectivity index (χ3n) is 3.62. The van der Waals surface area contributed by atoms with Gasteiger partial charge in [-0.15, -0.1) is 0 Å². The predicted octanol–water partition coefficient (Wildman–Crippen LogP) is 4.15. The summed E-state index contributed by atoms with van der Waals surface area (Å²) in [5.74, 6) is 1.01. The van der Waals surface area contributed by atoms with Crippen molar-refractivity contribution in [1.29, 1.82) is 0 Å². The number of nitrogens with one attached hydrogen (secondary N) is 1. The van der Waals surface area contributed by atoms with Gasteiger partial charge >= 0.3 is 0 Å². The van der Waals surface area contributed by atoms with E-state index in [1.165, 1.54) is 19.3 Å². The Morgan fingerprint density at radius 1 is 1.06 bits per heavy atom. The minimum absolute atomic E-state index is 0.224. The highest BCUT2D eigenvalue weighted by atomic mass is 16.1. The largest absolute Gasteiger partial charge is 0.356 e. The van der Waals surface area contributed by atoms with Crippen LogP contribution in [0.25, 0.3) is 0 Å². The highest BCUT2D eigenvalue weighted by molar-refractivity contribution is 5.78. The average Bonchev–Trinajstić information content (AvgIpc) is 2.34. The monoisotopic (exact) mass is 241 g/mol. The van der Waals surface area contributed by atoms with Crippen molar-refractivity contribution < 1.29 is 4.79 Å². The van der Waals surface area contributed by atoms with Gasteiger partial charge in [-0.05, 0) is 18.8 Å². The molecule has 0 radical (unpaired) electrons. The van der Waals surface area contributed by atoms with Gasteiger partial charge in [-0.25, -0.2) is 0 Å². The van der Waals surface area contributed by atoms with E-state index in [2.05, 4.69) is 33.0 Å². The van der Waals surface area contributed by atoms with Gasteiger partial charge in [-0.3, -0.25) is 4.79 Å². The van der Waals surface area contributed by atoms with Crippen LogP contribution in [0.15, 0.2) is 0 Å². The maximum atomic E-state index is 12.1. The van der Waals surface area contributed by atoms with E-state index in [0.29, 0.717) is 5.92 Å². The SMILES string of the molecule is CCCCCNC(=O)C(CCCC)[C@H](C)CC. The van der Waals surface area contributed by atoms with Crippen LogP contribution in [-0.2, 0) is 4.79 Å². The summed E-state index contributed by atoms with van der Waals surface area (Å²) in [6, 6.07) is 0. The molecule has 0 spiro atoms. The van der Waals surface area contributed by atoms with Crippen molar-refractivity contribution in [2.24, 2.45) is 11.8 Å². The first-order chi connectivity index (χ1) is 8.17. The van der Waals surface area contributed by atoms with E-state index in [1.54, 1.807) is 0 Å². The third kappa shape index (κ3) is 7.40. The van der Waals surface area contributed by atoms with E-state index in [1.807, 2.05) is 0 Å². The van der Waals surface area contributed by atoms with Crippen molar-refractivity contribution in [2.75, 3.05) is 6.54 Å². The van der Waals surface area contributed by atoms with Crippen molar-refractivity contribution in [3.05, 3.63) is 0 Å². The lowest BCUT2D eigenvalue weighted by molar-refractivity contribution is -0.126. The highest BCUT2D eigenvalue weighted by Gasteiger charge is 2.22. The van der Waals surface area contributed by atoms with E-state index in [9.17, 15) is 4.79 Å². The molecule has 0 saturated carbocycles. The maximum Gasteiger partial charge on any atom is 0.223 e. The molecule has 0 rings (SSSR count). The van der Waals surface area contributed by atoms with Crippen molar-refractivity contribution >= 4 is 5.91 Å². The minimum atomic E-state index is 0.224. The number of unbranched alkanes of at least 4 members (excludes halogenated alkanes) is 3. The van der Waals surface area contributed by atoms with Gasteiger partial charge in [0.05, 0.1) is 0 Å². The van der Waals surface area contributed by atoms with Crippen molar-refractivity contribution in [3.63, 3.8) is 0 Å². The molecule has 1 amide bonds. The van der Waals surface area contributed by atoms with Crippen LogP contribution in [0.4, 0.5) is 0 Å². The Morgan fingerprint density at radius 2 is 1.71 bits per heavy atom. The lowest BCUT2D eigenvalue weighted by atomic mass is 9.86. The molecule has 0 saturated heterocycles. The van der Waals surface area contributed by atoms with Gasteiger partial charge in [-0.2, -0.15) is 0 Å². The Kier molecular flexibility index (Phi) is 10.3. The Morgan fingerprint density at radius 3 is 2.24 bits per heavy atom. The van der Waals surface area contributed by atoms with Gasteiger partial charge in [0.25, 0.3) is 0 Å². The molecule has 17 heavy (non-hydrogen) atoms. The van der Waals surface area contributed by atoms with E-state index in [0.717, 1.165) is 32.2 Å².